The molecule has 0 aliphatic rings. The Kier molecular flexibility index (Phi) is 3.31. The first-order chi connectivity index (χ1) is 10.1. The van der Waals surface area contributed by atoms with Crippen LogP contribution in [0.2, 0.25) is 0 Å². The highest BCUT2D eigenvalue weighted by Gasteiger charge is 2.08. The minimum absolute atomic E-state index is 0.229. The molecule has 2 aromatic heterocycles. The van der Waals surface area contributed by atoms with Crippen molar-refractivity contribution in [3.8, 4) is 17.1 Å². The molecule has 3 aromatic rings. The van der Waals surface area contributed by atoms with Crippen molar-refractivity contribution in [1.82, 2.24) is 9.55 Å². The van der Waals surface area contributed by atoms with Gasteiger partial charge in [-0.15, -0.1) is 0 Å². The van der Waals surface area contributed by atoms with Gasteiger partial charge in [0.25, 0.3) is 0 Å². The summed E-state index contributed by atoms with van der Waals surface area (Å²) in [6, 6.07) is 11.4. The van der Waals surface area contributed by atoms with Gasteiger partial charge in [0.05, 0.1) is 6.42 Å². The molecule has 1 aromatic carbocycles. The van der Waals surface area contributed by atoms with Gasteiger partial charge in [0, 0.05) is 11.9 Å². The number of furan rings is 1. The molecule has 0 fully saturated rings. The summed E-state index contributed by atoms with van der Waals surface area (Å²) < 4.78 is 7.44. The van der Waals surface area contributed by atoms with Crippen LogP contribution in [0.4, 0.5) is 0 Å². The molecule has 1 amide bonds. The van der Waals surface area contributed by atoms with E-state index in [4.69, 9.17) is 10.2 Å². The highest BCUT2D eigenvalue weighted by Crippen LogP contribution is 2.21. The van der Waals surface area contributed by atoms with E-state index in [1.54, 1.807) is 6.33 Å². The first kappa shape index (κ1) is 13.2. The molecule has 2 N–H and O–H groups in total. The predicted molar refractivity (Wildman–Crippen MR) is 78.9 cm³/mol. The Morgan fingerprint density at radius 3 is 2.90 bits per heavy atom. The van der Waals surface area contributed by atoms with Crippen LogP contribution in [0.5, 0.6) is 0 Å². The molecule has 0 spiro atoms. The molecular weight excluding hydrogens is 266 g/mol. The standard InChI is InChI=1S/C16H15N3O2/c1-11-5-6-15(21-11)14-9-19(10-18-14)13-4-2-3-12(7-13)8-16(17)20/h2-7,9-10H,8H2,1H3,(H2,17,20). The average Bonchev–Trinajstić information content (AvgIpc) is 3.06. The largest absolute Gasteiger partial charge is 0.460 e. The number of nitrogens with zero attached hydrogens (tertiary/aromatic N) is 2. The lowest BCUT2D eigenvalue weighted by atomic mass is 10.1. The molecule has 0 aliphatic heterocycles. The molecule has 0 unspecified atom stereocenters. The van der Waals surface area contributed by atoms with Crippen LogP contribution < -0.4 is 5.73 Å². The summed E-state index contributed by atoms with van der Waals surface area (Å²) in [5.41, 5.74) is 7.80. The average molecular weight is 281 g/mol. The number of amides is 1. The summed E-state index contributed by atoms with van der Waals surface area (Å²) in [4.78, 5) is 15.3. The van der Waals surface area contributed by atoms with Gasteiger partial charge in [-0.3, -0.25) is 4.79 Å². The summed E-state index contributed by atoms with van der Waals surface area (Å²) in [6.45, 7) is 1.90. The van der Waals surface area contributed by atoms with Gasteiger partial charge >= 0.3 is 0 Å². The predicted octanol–water partition coefficient (Wildman–Crippen LogP) is 2.47. The molecule has 106 valence electrons. The fourth-order valence-corrected chi connectivity index (χ4v) is 2.19. The summed E-state index contributed by atoms with van der Waals surface area (Å²) in [5.74, 6) is 1.24. The zero-order valence-electron chi connectivity index (χ0n) is 11.6. The Morgan fingerprint density at radius 2 is 2.19 bits per heavy atom. The number of imidazole rings is 1. The maximum Gasteiger partial charge on any atom is 0.221 e. The van der Waals surface area contributed by atoms with E-state index >= 15 is 0 Å². The minimum atomic E-state index is -0.343. The Labute approximate surface area is 122 Å². The molecule has 2 heterocycles. The second kappa shape index (κ2) is 5.28. The summed E-state index contributed by atoms with van der Waals surface area (Å²) in [5, 5.41) is 0. The molecule has 0 saturated carbocycles. The molecule has 0 atom stereocenters. The van der Waals surface area contributed by atoms with Crippen LogP contribution in [0.25, 0.3) is 17.1 Å². The lowest BCUT2D eigenvalue weighted by Crippen LogP contribution is -2.13. The zero-order valence-corrected chi connectivity index (χ0v) is 11.6. The number of hydrogen-bond donors (Lipinski definition) is 1. The van der Waals surface area contributed by atoms with Gasteiger partial charge in [-0.25, -0.2) is 4.98 Å². The van der Waals surface area contributed by atoms with Crippen molar-refractivity contribution in [1.29, 1.82) is 0 Å². The Hall–Kier alpha value is -2.82. The minimum Gasteiger partial charge on any atom is -0.460 e. The molecule has 5 nitrogen and oxygen atoms in total. The molecule has 0 aliphatic carbocycles. The number of primary amides is 1. The van der Waals surface area contributed by atoms with E-state index in [0.717, 1.165) is 28.5 Å². The number of carbonyl (C=O) groups excluding carboxylic acids is 1. The van der Waals surface area contributed by atoms with Gasteiger partial charge in [-0.1, -0.05) is 12.1 Å². The highest BCUT2D eigenvalue weighted by molar-refractivity contribution is 5.76. The fourth-order valence-electron chi connectivity index (χ4n) is 2.19. The Morgan fingerprint density at radius 1 is 1.33 bits per heavy atom. The zero-order chi connectivity index (χ0) is 14.8. The van der Waals surface area contributed by atoms with E-state index in [1.165, 1.54) is 0 Å². The van der Waals surface area contributed by atoms with E-state index in [1.807, 2.05) is 54.1 Å². The maximum absolute atomic E-state index is 11.0. The van der Waals surface area contributed by atoms with Crippen molar-refractivity contribution in [2.24, 2.45) is 5.73 Å². The number of nitrogens with two attached hydrogens (primary N) is 1. The third kappa shape index (κ3) is 2.86. The smallest absolute Gasteiger partial charge is 0.221 e. The molecule has 0 saturated heterocycles. The van der Waals surface area contributed by atoms with Gasteiger partial charge in [0.1, 0.15) is 17.8 Å². The number of aromatic nitrogens is 2. The van der Waals surface area contributed by atoms with Crippen LogP contribution in [0.3, 0.4) is 0 Å². The Bertz CT molecular complexity index is 786. The number of carbonyl (C=O) groups is 1. The number of rotatable bonds is 4. The van der Waals surface area contributed by atoms with Crippen molar-refractivity contribution in [2.75, 3.05) is 0 Å². The highest BCUT2D eigenvalue weighted by atomic mass is 16.3. The summed E-state index contributed by atoms with van der Waals surface area (Å²) in [7, 11) is 0. The van der Waals surface area contributed by atoms with Crippen molar-refractivity contribution in [2.45, 2.75) is 13.3 Å². The van der Waals surface area contributed by atoms with Crippen molar-refractivity contribution < 1.29 is 9.21 Å². The molecule has 3 rings (SSSR count). The summed E-state index contributed by atoms with van der Waals surface area (Å²) in [6.07, 6.45) is 3.84. The number of aryl methyl sites for hydroxylation is 1. The molecule has 0 bridgehead atoms. The first-order valence-corrected chi connectivity index (χ1v) is 6.60. The number of benzene rings is 1. The molecule has 5 heteroatoms. The van der Waals surface area contributed by atoms with E-state index in [2.05, 4.69) is 4.98 Å². The molecular formula is C16H15N3O2. The van der Waals surface area contributed by atoms with Crippen LogP contribution in [0.1, 0.15) is 11.3 Å². The normalized spacial score (nSPS) is 10.7. The van der Waals surface area contributed by atoms with Crippen LogP contribution in [-0.4, -0.2) is 15.5 Å². The maximum atomic E-state index is 11.0. The van der Waals surface area contributed by atoms with E-state index < -0.39 is 0 Å². The SMILES string of the molecule is Cc1ccc(-c2cn(-c3cccc(CC(N)=O)c3)cn2)o1. The van der Waals surface area contributed by atoms with E-state index in [-0.39, 0.29) is 12.3 Å². The third-order valence-corrected chi connectivity index (χ3v) is 3.16. The van der Waals surface area contributed by atoms with Crippen LogP contribution in [0, 0.1) is 6.92 Å². The monoisotopic (exact) mass is 281 g/mol. The van der Waals surface area contributed by atoms with Gasteiger partial charge < -0.3 is 14.7 Å². The lowest BCUT2D eigenvalue weighted by Gasteiger charge is -2.04. The van der Waals surface area contributed by atoms with Crippen molar-refractivity contribution in [3.05, 3.63) is 60.2 Å². The van der Waals surface area contributed by atoms with Crippen molar-refractivity contribution >= 4 is 5.91 Å². The third-order valence-electron chi connectivity index (χ3n) is 3.16. The van der Waals surface area contributed by atoms with E-state index in [9.17, 15) is 4.79 Å². The van der Waals surface area contributed by atoms with Crippen molar-refractivity contribution in [3.63, 3.8) is 0 Å². The molecule has 0 radical (unpaired) electrons. The van der Waals surface area contributed by atoms with Crippen LogP contribution >= 0.6 is 0 Å². The van der Waals surface area contributed by atoms with Gasteiger partial charge in [-0.2, -0.15) is 0 Å². The quantitative estimate of drug-likeness (QED) is 0.798. The van der Waals surface area contributed by atoms with Crippen LogP contribution in [-0.2, 0) is 11.2 Å². The van der Waals surface area contributed by atoms with E-state index in [0.29, 0.717) is 0 Å². The molecule has 21 heavy (non-hydrogen) atoms. The Balaban J connectivity index is 1.91. The lowest BCUT2D eigenvalue weighted by molar-refractivity contribution is -0.117. The van der Waals surface area contributed by atoms with Gasteiger partial charge in [-0.05, 0) is 36.8 Å². The van der Waals surface area contributed by atoms with Gasteiger partial charge in [0.2, 0.25) is 5.91 Å². The topological polar surface area (TPSA) is 74.0 Å². The fraction of sp³-hybridized carbons (Fsp3) is 0.125. The second-order valence-corrected chi connectivity index (χ2v) is 4.89. The van der Waals surface area contributed by atoms with Crippen LogP contribution in [0.15, 0.2) is 53.3 Å². The second-order valence-electron chi connectivity index (χ2n) is 4.89. The first-order valence-electron chi connectivity index (χ1n) is 6.60. The van der Waals surface area contributed by atoms with Gasteiger partial charge in [0.15, 0.2) is 5.76 Å². The summed E-state index contributed by atoms with van der Waals surface area (Å²) >= 11 is 0. The number of hydrogen-bond acceptors (Lipinski definition) is 3.